The first-order valence-electron chi connectivity index (χ1n) is 5.32. The zero-order chi connectivity index (χ0) is 10.1. The molecule has 4 nitrogen and oxygen atoms in total. The molecule has 0 aromatic rings. The molecule has 1 N–H and O–H groups in total. The predicted octanol–water partition coefficient (Wildman–Crippen LogP) is -0.469. The average Bonchev–Trinajstić information content (AvgIpc) is 2.12. The summed E-state index contributed by atoms with van der Waals surface area (Å²) < 4.78 is 0. The lowest BCUT2D eigenvalue weighted by Gasteiger charge is -2.40. The molecule has 2 heterocycles. The molecule has 2 rings (SSSR count). The molecule has 14 heavy (non-hydrogen) atoms. The summed E-state index contributed by atoms with van der Waals surface area (Å²) in [5.41, 5.74) is 0. The van der Waals surface area contributed by atoms with E-state index in [0.29, 0.717) is 13.1 Å². The second kappa shape index (κ2) is 3.87. The van der Waals surface area contributed by atoms with Gasteiger partial charge < -0.3 is 14.9 Å². The van der Waals surface area contributed by atoms with Gasteiger partial charge in [-0.15, -0.1) is 0 Å². The third-order valence-electron chi connectivity index (χ3n) is 3.15. The van der Waals surface area contributed by atoms with Crippen molar-refractivity contribution in [2.45, 2.75) is 18.9 Å². The maximum absolute atomic E-state index is 11.9. The fraction of sp³-hybridized carbons (Fsp3) is 0.900. The third-order valence-corrected chi connectivity index (χ3v) is 3.15. The van der Waals surface area contributed by atoms with E-state index in [1.165, 1.54) is 0 Å². The van der Waals surface area contributed by atoms with Gasteiger partial charge in [0.15, 0.2) is 0 Å². The van der Waals surface area contributed by atoms with E-state index in [-0.39, 0.29) is 17.9 Å². The molecule has 2 aliphatic rings. The van der Waals surface area contributed by atoms with Gasteiger partial charge in [0.1, 0.15) is 0 Å². The molecule has 80 valence electrons. The van der Waals surface area contributed by atoms with E-state index in [1.807, 2.05) is 0 Å². The fourth-order valence-electron chi connectivity index (χ4n) is 2.26. The lowest BCUT2D eigenvalue weighted by atomic mass is 9.95. The highest BCUT2D eigenvalue weighted by molar-refractivity contribution is 5.80. The third kappa shape index (κ3) is 1.91. The molecule has 0 saturated carbocycles. The second-order valence-corrected chi connectivity index (χ2v) is 4.50. The summed E-state index contributed by atoms with van der Waals surface area (Å²) in [6.07, 6.45) is 1.85. The first-order chi connectivity index (χ1) is 6.66. The number of aliphatic hydroxyl groups excluding tert-OH is 1. The van der Waals surface area contributed by atoms with Gasteiger partial charge in [-0.1, -0.05) is 0 Å². The van der Waals surface area contributed by atoms with Crippen LogP contribution in [-0.2, 0) is 4.79 Å². The Bertz CT molecular complexity index is 226. The maximum atomic E-state index is 11.9. The molecule has 0 radical (unpaired) electrons. The van der Waals surface area contributed by atoms with Crippen molar-refractivity contribution in [3.05, 3.63) is 0 Å². The lowest BCUT2D eigenvalue weighted by Crippen LogP contribution is -2.56. The zero-order valence-electron chi connectivity index (χ0n) is 8.65. The number of piperidine rings is 1. The fourth-order valence-corrected chi connectivity index (χ4v) is 2.26. The molecule has 2 saturated heterocycles. The Labute approximate surface area is 84.5 Å². The van der Waals surface area contributed by atoms with Crippen molar-refractivity contribution in [1.29, 1.82) is 0 Å². The van der Waals surface area contributed by atoms with Crippen LogP contribution in [0.4, 0.5) is 0 Å². The standard InChI is InChI=1S/C10H18N2O2/c1-11-4-2-3-8(5-11)10(14)12-6-9(13)7-12/h8-9,13H,2-7H2,1H3. The number of amides is 1. The first-order valence-corrected chi connectivity index (χ1v) is 5.32. The summed E-state index contributed by atoms with van der Waals surface area (Å²) in [6.45, 7) is 3.07. The zero-order valence-corrected chi connectivity index (χ0v) is 8.65. The van der Waals surface area contributed by atoms with Crippen LogP contribution in [0.15, 0.2) is 0 Å². The molecule has 2 fully saturated rings. The number of β-amino-alcohol motifs (C(OH)–C–C–N with tert-alkyl or cyclic N) is 1. The van der Waals surface area contributed by atoms with Gasteiger partial charge in [-0.05, 0) is 26.4 Å². The van der Waals surface area contributed by atoms with E-state index in [1.54, 1.807) is 4.90 Å². The molecule has 1 atom stereocenters. The van der Waals surface area contributed by atoms with E-state index in [9.17, 15) is 4.79 Å². The van der Waals surface area contributed by atoms with Gasteiger partial charge >= 0.3 is 0 Å². The van der Waals surface area contributed by atoms with Crippen molar-refractivity contribution >= 4 is 5.91 Å². The normalized spacial score (nSPS) is 30.1. The highest BCUT2D eigenvalue weighted by Gasteiger charge is 2.34. The topological polar surface area (TPSA) is 43.8 Å². The van der Waals surface area contributed by atoms with Gasteiger partial charge in [-0.2, -0.15) is 0 Å². The highest BCUT2D eigenvalue weighted by Crippen LogP contribution is 2.20. The maximum Gasteiger partial charge on any atom is 0.227 e. The number of carbonyl (C=O) groups is 1. The monoisotopic (exact) mass is 198 g/mol. The van der Waals surface area contributed by atoms with Crippen molar-refractivity contribution in [2.24, 2.45) is 5.92 Å². The first kappa shape index (κ1) is 9.93. The minimum absolute atomic E-state index is 0.168. The molecule has 0 aromatic heterocycles. The van der Waals surface area contributed by atoms with Crippen LogP contribution in [0.2, 0.25) is 0 Å². The van der Waals surface area contributed by atoms with Gasteiger partial charge in [0, 0.05) is 19.6 Å². The minimum Gasteiger partial charge on any atom is -0.389 e. The Kier molecular flexibility index (Phi) is 2.74. The number of carbonyl (C=O) groups excluding carboxylic acids is 1. The van der Waals surface area contributed by atoms with Crippen LogP contribution in [0.1, 0.15) is 12.8 Å². The van der Waals surface area contributed by atoms with E-state index >= 15 is 0 Å². The number of hydrogen-bond donors (Lipinski definition) is 1. The molecule has 0 bridgehead atoms. The number of likely N-dealkylation sites (tertiary alicyclic amines) is 2. The summed E-state index contributed by atoms with van der Waals surface area (Å²) in [6, 6.07) is 0. The van der Waals surface area contributed by atoms with E-state index in [0.717, 1.165) is 25.9 Å². The van der Waals surface area contributed by atoms with E-state index in [2.05, 4.69) is 11.9 Å². The summed E-state index contributed by atoms with van der Waals surface area (Å²) in [5, 5.41) is 9.11. The van der Waals surface area contributed by atoms with Gasteiger partial charge in [0.2, 0.25) is 5.91 Å². The van der Waals surface area contributed by atoms with Gasteiger partial charge in [-0.25, -0.2) is 0 Å². The average molecular weight is 198 g/mol. The highest BCUT2D eigenvalue weighted by atomic mass is 16.3. The van der Waals surface area contributed by atoms with Crippen molar-refractivity contribution in [2.75, 3.05) is 33.2 Å². The largest absolute Gasteiger partial charge is 0.389 e. The number of rotatable bonds is 1. The molecule has 1 unspecified atom stereocenters. The second-order valence-electron chi connectivity index (χ2n) is 4.50. The van der Waals surface area contributed by atoms with Crippen LogP contribution < -0.4 is 0 Å². The minimum atomic E-state index is -0.278. The number of aliphatic hydroxyl groups is 1. The molecule has 4 heteroatoms. The molecule has 0 spiro atoms. The Balaban J connectivity index is 1.85. The Hall–Kier alpha value is -0.610. The molecule has 1 amide bonds. The smallest absolute Gasteiger partial charge is 0.227 e. The Morgan fingerprint density at radius 2 is 2.07 bits per heavy atom. The van der Waals surface area contributed by atoms with Crippen LogP contribution in [0.25, 0.3) is 0 Å². The van der Waals surface area contributed by atoms with Crippen molar-refractivity contribution in [1.82, 2.24) is 9.80 Å². The number of hydrogen-bond acceptors (Lipinski definition) is 3. The van der Waals surface area contributed by atoms with Gasteiger partial charge in [0.05, 0.1) is 12.0 Å². The molecule has 0 aliphatic carbocycles. The van der Waals surface area contributed by atoms with Crippen LogP contribution in [0, 0.1) is 5.92 Å². The quantitative estimate of drug-likeness (QED) is 0.619. The van der Waals surface area contributed by atoms with Crippen molar-refractivity contribution < 1.29 is 9.90 Å². The number of nitrogens with zero attached hydrogens (tertiary/aromatic N) is 2. The molecular formula is C10H18N2O2. The van der Waals surface area contributed by atoms with Crippen LogP contribution >= 0.6 is 0 Å². The Morgan fingerprint density at radius 3 is 2.64 bits per heavy atom. The van der Waals surface area contributed by atoms with E-state index in [4.69, 9.17) is 5.11 Å². The SMILES string of the molecule is CN1CCCC(C(=O)N2CC(O)C2)C1. The van der Waals surface area contributed by atoms with Crippen LogP contribution in [-0.4, -0.2) is 60.1 Å². The Morgan fingerprint density at radius 1 is 1.36 bits per heavy atom. The van der Waals surface area contributed by atoms with Gasteiger partial charge in [0.25, 0.3) is 0 Å². The predicted molar refractivity (Wildman–Crippen MR) is 52.8 cm³/mol. The van der Waals surface area contributed by atoms with Crippen LogP contribution in [0.5, 0.6) is 0 Å². The van der Waals surface area contributed by atoms with Crippen LogP contribution in [0.3, 0.4) is 0 Å². The lowest BCUT2D eigenvalue weighted by molar-refractivity contribution is -0.147. The molecular weight excluding hydrogens is 180 g/mol. The summed E-state index contributed by atoms with van der Waals surface area (Å²) in [7, 11) is 2.06. The summed E-state index contributed by atoms with van der Waals surface area (Å²) >= 11 is 0. The summed E-state index contributed by atoms with van der Waals surface area (Å²) in [5.74, 6) is 0.406. The van der Waals surface area contributed by atoms with E-state index < -0.39 is 0 Å². The van der Waals surface area contributed by atoms with Crippen molar-refractivity contribution in [3.8, 4) is 0 Å². The molecule has 2 aliphatic heterocycles. The van der Waals surface area contributed by atoms with Crippen molar-refractivity contribution in [3.63, 3.8) is 0 Å². The molecule has 0 aromatic carbocycles. The van der Waals surface area contributed by atoms with Gasteiger partial charge in [-0.3, -0.25) is 4.79 Å². The summed E-state index contributed by atoms with van der Waals surface area (Å²) in [4.78, 5) is 15.8.